The molecule has 0 fully saturated rings. The quantitative estimate of drug-likeness (QED) is 0.583. The highest BCUT2D eigenvalue weighted by molar-refractivity contribution is 7.89. The van der Waals surface area contributed by atoms with Crippen LogP contribution in [0.4, 0.5) is 0 Å². The molecule has 0 saturated heterocycles. The van der Waals surface area contributed by atoms with E-state index in [4.69, 9.17) is 4.42 Å². The first-order valence-electron chi connectivity index (χ1n) is 8.02. The molecule has 4 rings (SSSR count). The fourth-order valence-corrected chi connectivity index (χ4v) is 4.16. The summed E-state index contributed by atoms with van der Waals surface area (Å²) in [5.41, 5.74) is 0.745. The molecule has 25 heavy (non-hydrogen) atoms. The third-order valence-electron chi connectivity index (χ3n) is 4.23. The van der Waals surface area contributed by atoms with Crippen LogP contribution in [0, 0.1) is 0 Å². The second-order valence-electron chi connectivity index (χ2n) is 6.04. The number of rotatable bonds is 4. The summed E-state index contributed by atoms with van der Waals surface area (Å²) in [6.07, 6.45) is 0. The highest BCUT2D eigenvalue weighted by atomic mass is 32.2. The molecule has 0 amide bonds. The van der Waals surface area contributed by atoms with E-state index in [2.05, 4.69) is 4.72 Å². The van der Waals surface area contributed by atoms with Gasteiger partial charge in [-0.3, -0.25) is 0 Å². The lowest BCUT2D eigenvalue weighted by molar-refractivity contribution is 0.484. The molecule has 1 atom stereocenters. The maximum Gasteiger partial charge on any atom is 0.241 e. The zero-order valence-electron chi connectivity index (χ0n) is 13.6. The predicted octanol–water partition coefficient (Wildman–Crippen LogP) is 4.63. The van der Waals surface area contributed by atoms with Crippen molar-refractivity contribution >= 4 is 31.8 Å². The molecule has 126 valence electrons. The summed E-state index contributed by atoms with van der Waals surface area (Å²) in [5, 5.41) is 2.85. The predicted molar refractivity (Wildman–Crippen MR) is 98.9 cm³/mol. The van der Waals surface area contributed by atoms with Gasteiger partial charge in [-0.15, -0.1) is 0 Å². The first-order valence-corrected chi connectivity index (χ1v) is 9.51. The summed E-state index contributed by atoms with van der Waals surface area (Å²) < 4.78 is 33.9. The molecule has 4 aromatic rings. The van der Waals surface area contributed by atoms with E-state index in [1.54, 1.807) is 19.1 Å². The minimum atomic E-state index is -3.65. The number of furan rings is 1. The molecule has 0 bridgehead atoms. The monoisotopic (exact) mass is 351 g/mol. The molecule has 0 aliphatic carbocycles. The van der Waals surface area contributed by atoms with Crippen LogP contribution < -0.4 is 4.72 Å². The third-order valence-corrected chi connectivity index (χ3v) is 5.77. The number of hydrogen-bond acceptors (Lipinski definition) is 3. The fourth-order valence-electron chi connectivity index (χ4n) is 2.91. The maximum absolute atomic E-state index is 12.7. The van der Waals surface area contributed by atoms with Crippen LogP contribution in [-0.4, -0.2) is 8.42 Å². The van der Waals surface area contributed by atoms with Crippen LogP contribution in [0.25, 0.3) is 21.7 Å². The van der Waals surface area contributed by atoms with E-state index in [0.29, 0.717) is 5.76 Å². The van der Waals surface area contributed by atoms with Crippen LogP contribution in [0.5, 0.6) is 0 Å². The van der Waals surface area contributed by atoms with Gasteiger partial charge in [0, 0.05) is 5.39 Å². The minimum absolute atomic E-state index is 0.245. The summed E-state index contributed by atoms with van der Waals surface area (Å²) in [6, 6.07) is 21.8. The molecule has 0 aliphatic rings. The van der Waals surface area contributed by atoms with Crippen molar-refractivity contribution in [1.82, 2.24) is 4.72 Å². The van der Waals surface area contributed by atoms with Gasteiger partial charge < -0.3 is 4.42 Å². The van der Waals surface area contributed by atoms with Crippen molar-refractivity contribution in [3.8, 4) is 0 Å². The largest absolute Gasteiger partial charge is 0.459 e. The Morgan fingerprint density at radius 3 is 2.28 bits per heavy atom. The molecule has 0 radical (unpaired) electrons. The topological polar surface area (TPSA) is 59.3 Å². The van der Waals surface area contributed by atoms with E-state index < -0.39 is 16.1 Å². The van der Waals surface area contributed by atoms with Gasteiger partial charge in [-0.2, -0.15) is 0 Å². The molecule has 1 heterocycles. The summed E-state index contributed by atoms with van der Waals surface area (Å²) in [4.78, 5) is 0.245. The molecular weight excluding hydrogens is 334 g/mol. The van der Waals surface area contributed by atoms with Gasteiger partial charge in [0.25, 0.3) is 0 Å². The summed E-state index contributed by atoms with van der Waals surface area (Å²) >= 11 is 0. The van der Waals surface area contributed by atoms with Gasteiger partial charge in [0.1, 0.15) is 11.3 Å². The van der Waals surface area contributed by atoms with Crippen LogP contribution in [0.1, 0.15) is 18.7 Å². The van der Waals surface area contributed by atoms with Crippen molar-refractivity contribution < 1.29 is 12.8 Å². The van der Waals surface area contributed by atoms with E-state index in [1.807, 2.05) is 60.7 Å². The summed E-state index contributed by atoms with van der Waals surface area (Å²) in [6.45, 7) is 1.77. The number of hydrogen-bond donors (Lipinski definition) is 1. The number of sulfonamides is 1. The zero-order chi connectivity index (χ0) is 17.4. The Bertz CT molecular complexity index is 1130. The molecule has 0 saturated carbocycles. The molecular formula is C20H17NO3S. The zero-order valence-corrected chi connectivity index (χ0v) is 14.5. The average molecular weight is 351 g/mol. The van der Waals surface area contributed by atoms with E-state index in [1.165, 1.54) is 0 Å². The van der Waals surface area contributed by atoms with Crippen LogP contribution in [0.15, 0.2) is 82.1 Å². The van der Waals surface area contributed by atoms with Gasteiger partial charge in [-0.25, -0.2) is 13.1 Å². The first kappa shape index (κ1) is 15.9. The second kappa shape index (κ2) is 6.02. The van der Waals surface area contributed by atoms with Gasteiger partial charge in [0.2, 0.25) is 10.0 Å². The van der Waals surface area contributed by atoms with Crippen molar-refractivity contribution in [2.75, 3.05) is 0 Å². The number of benzene rings is 3. The van der Waals surface area contributed by atoms with Gasteiger partial charge in [-0.05, 0) is 42.0 Å². The molecule has 0 aliphatic heterocycles. The Balaban J connectivity index is 1.65. The molecule has 1 N–H and O–H groups in total. The van der Waals surface area contributed by atoms with Gasteiger partial charge in [0.15, 0.2) is 0 Å². The highest BCUT2D eigenvalue weighted by Crippen LogP contribution is 2.25. The Labute approximate surface area is 146 Å². The van der Waals surface area contributed by atoms with Crippen molar-refractivity contribution in [1.29, 1.82) is 0 Å². The van der Waals surface area contributed by atoms with E-state index in [9.17, 15) is 8.42 Å². The average Bonchev–Trinajstić information content (AvgIpc) is 3.05. The molecule has 5 heteroatoms. The smallest absolute Gasteiger partial charge is 0.241 e. The molecule has 1 aromatic heterocycles. The fraction of sp³-hybridized carbons (Fsp3) is 0.100. The van der Waals surface area contributed by atoms with Crippen molar-refractivity contribution in [3.63, 3.8) is 0 Å². The molecule has 3 aromatic carbocycles. The Morgan fingerprint density at radius 1 is 0.840 bits per heavy atom. The van der Waals surface area contributed by atoms with Crippen molar-refractivity contribution in [2.45, 2.75) is 17.9 Å². The van der Waals surface area contributed by atoms with Crippen LogP contribution in [0.2, 0.25) is 0 Å². The summed E-state index contributed by atoms with van der Waals surface area (Å²) in [7, 11) is -3.65. The van der Waals surface area contributed by atoms with E-state index in [0.717, 1.165) is 21.7 Å². The SMILES string of the molecule is C[C@@H](NS(=O)(=O)c1ccc2ccccc2c1)c1cc2ccccc2o1. The van der Waals surface area contributed by atoms with Crippen LogP contribution in [-0.2, 0) is 10.0 Å². The second-order valence-corrected chi connectivity index (χ2v) is 7.75. The summed E-state index contributed by atoms with van der Waals surface area (Å²) in [5.74, 6) is 0.588. The van der Waals surface area contributed by atoms with Crippen molar-refractivity contribution in [3.05, 3.63) is 78.6 Å². The van der Waals surface area contributed by atoms with Gasteiger partial charge >= 0.3 is 0 Å². The lowest BCUT2D eigenvalue weighted by Gasteiger charge is -2.12. The number of fused-ring (bicyclic) bond motifs is 2. The van der Waals surface area contributed by atoms with E-state index in [-0.39, 0.29) is 4.90 Å². The van der Waals surface area contributed by atoms with Gasteiger partial charge in [-0.1, -0.05) is 48.5 Å². The van der Waals surface area contributed by atoms with Crippen molar-refractivity contribution in [2.24, 2.45) is 0 Å². The van der Waals surface area contributed by atoms with E-state index >= 15 is 0 Å². The van der Waals surface area contributed by atoms with Gasteiger partial charge in [0.05, 0.1) is 10.9 Å². The Hall–Kier alpha value is -2.63. The highest BCUT2D eigenvalue weighted by Gasteiger charge is 2.21. The first-order chi connectivity index (χ1) is 12.0. The number of nitrogens with one attached hydrogen (secondary N) is 1. The van der Waals surface area contributed by atoms with Crippen LogP contribution >= 0.6 is 0 Å². The maximum atomic E-state index is 12.7. The Kier molecular flexibility index (Phi) is 3.82. The lowest BCUT2D eigenvalue weighted by atomic mass is 10.1. The molecule has 0 spiro atoms. The molecule has 0 unspecified atom stereocenters. The van der Waals surface area contributed by atoms with Crippen LogP contribution in [0.3, 0.4) is 0 Å². The standard InChI is InChI=1S/C20H17NO3S/c1-14(20-13-17-8-4-5-9-19(17)24-20)21-25(22,23)18-11-10-15-6-2-3-7-16(15)12-18/h2-14,21H,1H3/t14-/m1/s1. The number of para-hydroxylation sites is 1. The minimum Gasteiger partial charge on any atom is -0.459 e. The normalized spacial score (nSPS) is 13.3. The third kappa shape index (κ3) is 3.04. The lowest BCUT2D eigenvalue weighted by Crippen LogP contribution is -2.26. The Morgan fingerprint density at radius 2 is 1.52 bits per heavy atom. The molecule has 4 nitrogen and oxygen atoms in total.